The van der Waals surface area contributed by atoms with E-state index in [0.29, 0.717) is 25.1 Å². The van der Waals surface area contributed by atoms with Crippen molar-refractivity contribution < 1.29 is 14.7 Å². The van der Waals surface area contributed by atoms with E-state index in [1.165, 1.54) is 4.90 Å². The van der Waals surface area contributed by atoms with E-state index in [1.54, 1.807) is 24.3 Å². The maximum Gasteiger partial charge on any atom is 0.362 e. The standard InChI is InChI=1S/C12H13N3O3/c16-11(17)10-7-4-8-15(10)12(18)14-13-9-5-2-1-3-6-9/h1-3,5-6,10H,4,7-8H2,(H,16,17). The number of carbonyl (C=O) groups is 2. The molecule has 0 aromatic heterocycles. The fraction of sp³-hybridized carbons (Fsp3) is 0.333. The molecule has 1 atom stereocenters. The summed E-state index contributed by atoms with van der Waals surface area (Å²) in [6, 6.07) is 7.48. The number of amides is 2. The molecule has 1 aromatic rings. The van der Waals surface area contributed by atoms with Gasteiger partial charge >= 0.3 is 12.0 Å². The van der Waals surface area contributed by atoms with Gasteiger partial charge in [0.05, 0.1) is 5.69 Å². The lowest BCUT2D eigenvalue weighted by Crippen LogP contribution is -2.38. The lowest BCUT2D eigenvalue weighted by Gasteiger charge is -2.17. The summed E-state index contributed by atoms with van der Waals surface area (Å²) >= 11 is 0. The van der Waals surface area contributed by atoms with Crippen LogP contribution in [0.4, 0.5) is 10.5 Å². The molecule has 18 heavy (non-hydrogen) atoms. The summed E-state index contributed by atoms with van der Waals surface area (Å²) in [6.45, 7) is 0.420. The van der Waals surface area contributed by atoms with Crippen molar-refractivity contribution in [2.24, 2.45) is 10.2 Å². The molecule has 6 nitrogen and oxygen atoms in total. The Bertz CT molecular complexity index is 473. The highest BCUT2D eigenvalue weighted by atomic mass is 16.4. The van der Waals surface area contributed by atoms with Gasteiger partial charge in [-0.05, 0) is 25.0 Å². The molecule has 1 saturated heterocycles. The molecule has 0 bridgehead atoms. The molecule has 1 heterocycles. The Balaban J connectivity index is 2.04. The molecule has 94 valence electrons. The van der Waals surface area contributed by atoms with Crippen molar-refractivity contribution in [3.05, 3.63) is 30.3 Å². The van der Waals surface area contributed by atoms with Gasteiger partial charge in [-0.15, -0.1) is 5.11 Å². The number of aliphatic carboxylic acids is 1. The number of hydrogen-bond donors (Lipinski definition) is 1. The van der Waals surface area contributed by atoms with Gasteiger partial charge in [-0.3, -0.25) is 0 Å². The summed E-state index contributed by atoms with van der Waals surface area (Å²) in [4.78, 5) is 23.9. The molecule has 1 fully saturated rings. The molecule has 1 aliphatic heterocycles. The summed E-state index contributed by atoms with van der Waals surface area (Å²) in [5.41, 5.74) is 0.567. The highest BCUT2D eigenvalue weighted by molar-refractivity contribution is 5.83. The normalized spacial score (nSPS) is 19.3. The summed E-state index contributed by atoms with van der Waals surface area (Å²) < 4.78 is 0. The van der Waals surface area contributed by atoms with E-state index in [1.807, 2.05) is 6.07 Å². The molecular weight excluding hydrogens is 234 g/mol. The first-order valence-electron chi connectivity index (χ1n) is 5.68. The van der Waals surface area contributed by atoms with E-state index < -0.39 is 18.0 Å². The van der Waals surface area contributed by atoms with Gasteiger partial charge < -0.3 is 10.0 Å². The van der Waals surface area contributed by atoms with E-state index in [-0.39, 0.29) is 0 Å². The first-order chi connectivity index (χ1) is 8.68. The van der Waals surface area contributed by atoms with Crippen molar-refractivity contribution in [3.8, 4) is 0 Å². The SMILES string of the molecule is O=C(O)C1CCCN1C(=O)N=Nc1ccccc1. The average Bonchev–Trinajstić information content (AvgIpc) is 2.86. The highest BCUT2D eigenvalue weighted by Crippen LogP contribution is 2.19. The Kier molecular flexibility index (Phi) is 3.66. The first kappa shape index (κ1) is 12.2. The molecule has 1 unspecified atom stereocenters. The van der Waals surface area contributed by atoms with Crippen LogP contribution in [-0.2, 0) is 4.79 Å². The van der Waals surface area contributed by atoms with Crippen molar-refractivity contribution in [1.82, 2.24) is 4.90 Å². The van der Waals surface area contributed by atoms with Gasteiger partial charge in [0, 0.05) is 6.54 Å². The van der Waals surface area contributed by atoms with E-state index in [0.717, 1.165) is 0 Å². The number of rotatable bonds is 2. The molecule has 6 heteroatoms. The van der Waals surface area contributed by atoms with Crippen LogP contribution in [0.15, 0.2) is 40.6 Å². The summed E-state index contributed by atoms with van der Waals surface area (Å²) in [5.74, 6) is -0.990. The Morgan fingerprint density at radius 1 is 1.28 bits per heavy atom. The van der Waals surface area contributed by atoms with E-state index in [9.17, 15) is 9.59 Å². The van der Waals surface area contributed by atoms with E-state index >= 15 is 0 Å². The van der Waals surface area contributed by atoms with E-state index in [4.69, 9.17) is 5.11 Å². The van der Waals surface area contributed by atoms with Crippen LogP contribution in [0, 0.1) is 0 Å². The van der Waals surface area contributed by atoms with Crippen LogP contribution in [0.3, 0.4) is 0 Å². The van der Waals surface area contributed by atoms with Gasteiger partial charge in [0.25, 0.3) is 0 Å². The van der Waals surface area contributed by atoms with Crippen molar-refractivity contribution in [2.75, 3.05) is 6.54 Å². The topological polar surface area (TPSA) is 82.3 Å². The molecule has 1 N–H and O–H groups in total. The third-order valence-electron chi connectivity index (χ3n) is 2.79. The van der Waals surface area contributed by atoms with Crippen molar-refractivity contribution in [2.45, 2.75) is 18.9 Å². The minimum absolute atomic E-state index is 0.420. The Labute approximate surface area is 104 Å². The molecule has 0 aliphatic carbocycles. The summed E-state index contributed by atoms with van der Waals surface area (Å²) in [6.07, 6.45) is 1.16. The van der Waals surface area contributed by atoms with Crippen LogP contribution in [0.5, 0.6) is 0 Å². The molecule has 1 aromatic carbocycles. The van der Waals surface area contributed by atoms with Gasteiger partial charge in [-0.2, -0.15) is 0 Å². The van der Waals surface area contributed by atoms with Crippen molar-refractivity contribution in [3.63, 3.8) is 0 Å². The second kappa shape index (κ2) is 5.39. The molecule has 0 saturated carbocycles. The van der Waals surface area contributed by atoms with Crippen LogP contribution in [0.1, 0.15) is 12.8 Å². The van der Waals surface area contributed by atoms with Crippen molar-refractivity contribution >= 4 is 17.7 Å². The van der Waals surface area contributed by atoms with Gasteiger partial charge in [-0.25, -0.2) is 9.59 Å². The largest absolute Gasteiger partial charge is 0.480 e. The molecule has 2 rings (SSSR count). The van der Waals surface area contributed by atoms with Gasteiger partial charge in [0.2, 0.25) is 0 Å². The molecule has 0 spiro atoms. The van der Waals surface area contributed by atoms with Crippen LogP contribution in [0.2, 0.25) is 0 Å². The number of carboxylic acid groups (broad SMARTS) is 1. The molecular formula is C12H13N3O3. The summed E-state index contributed by atoms with van der Waals surface area (Å²) in [7, 11) is 0. The molecule has 1 aliphatic rings. The number of hydrogen-bond acceptors (Lipinski definition) is 3. The Morgan fingerprint density at radius 2 is 2.00 bits per heavy atom. The van der Waals surface area contributed by atoms with Gasteiger partial charge in [0.15, 0.2) is 0 Å². The minimum Gasteiger partial charge on any atom is -0.480 e. The quantitative estimate of drug-likeness (QED) is 0.815. The van der Waals surface area contributed by atoms with Gasteiger partial charge in [0.1, 0.15) is 6.04 Å². The van der Waals surface area contributed by atoms with E-state index in [2.05, 4.69) is 10.2 Å². The maximum atomic E-state index is 11.7. The van der Waals surface area contributed by atoms with Crippen LogP contribution in [0.25, 0.3) is 0 Å². The monoisotopic (exact) mass is 247 g/mol. The number of likely N-dealkylation sites (tertiary alicyclic amines) is 1. The second-order valence-corrected chi connectivity index (χ2v) is 4.01. The molecule has 0 radical (unpaired) electrons. The molecule has 2 amide bonds. The maximum absolute atomic E-state index is 11.7. The lowest BCUT2D eigenvalue weighted by atomic mass is 10.2. The zero-order chi connectivity index (χ0) is 13.0. The van der Waals surface area contributed by atoms with Crippen molar-refractivity contribution in [1.29, 1.82) is 0 Å². The Hall–Kier alpha value is -2.24. The third-order valence-corrected chi connectivity index (χ3v) is 2.79. The average molecular weight is 247 g/mol. The third kappa shape index (κ3) is 2.71. The minimum atomic E-state index is -0.990. The predicted molar refractivity (Wildman–Crippen MR) is 63.7 cm³/mol. The van der Waals surface area contributed by atoms with Gasteiger partial charge in [-0.1, -0.05) is 23.3 Å². The summed E-state index contributed by atoms with van der Waals surface area (Å²) in [5, 5.41) is 16.3. The zero-order valence-electron chi connectivity index (χ0n) is 9.69. The zero-order valence-corrected chi connectivity index (χ0v) is 9.69. The smallest absolute Gasteiger partial charge is 0.362 e. The number of carbonyl (C=O) groups excluding carboxylic acids is 1. The number of benzene rings is 1. The van der Waals surface area contributed by atoms with Crippen LogP contribution < -0.4 is 0 Å². The second-order valence-electron chi connectivity index (χ2n) is 4.01. The number of nitrogens with zero attached hydrogens (tertiary/aromatic N) is 3. The number of urea groups is 1. The van der Waals surface area contributed by atoms with Crippen LogP contribution in [-0.4, -0.2) is 34.6 Å². The van der Waals surface area contributed by atoms with Crippen LogP contribution >= 0.6 is 0 Å². The fourth-order valence-electron chi connectivity index (χ4n) is 1.91. The number of carboxylic acids is 1. The highest BCUT2D eigenvalue weighted by Gasteiger charge is 2.33. The lowest BCUT2D eigenvalue weighted by molar-refractivity contribution is -0.141. The fourth-order valence-corrected chi connectivity index (χ4v) is 1.91. The number of azo groups is 1. The Morgan fingerprint density at radius 3 is 2.67 bits per heavy atom. The first-order valence-corrected chi connectivity index (χ1v) is 5.68. The predicted octanol–water partition coefficient (Wildman–Crippen LogP) is 2.44.